The second-order valence-electron chi connectivity index (χ2n) is 5.93. The van der Waals surface area contributed by atoms with Gasteiger partial charge in [0.05, 0.1) is 20.8 Å². The Hall–Kier alpha value is -2.69. The highest BCUT2D eigenvalue weighted by molar-refractivity contribution is 5.94. The Kier molecular flexibility index (Phi) is 4.60. The zero-order valence-electron chi connectivity index (χ0n) is 14.2. The number of amides is 1. The second-order valence-corrected chi connectivity index (χ2v) is 5.93. The topological polar surface area (TPSA) is 50.8 Å². The van der Waals surface area contributed by atoms with Crippen LogP contribution in [0.1, 0.15) is 12.5 Å². The third-order valence-electron chi connectivity index (χ3n) is 4.33. The van der Waals surface area contributed by atoms with Crippen LogP contribution in [0.25, 0.3) is 0 Å². The van der Waals surface area contributed by atoms with Gasteiger partial charge in [0.1, 0.15) is 0 Å². The van der Waals surface area contributed by atoms with Crippen LogP contribution in [0, 0.1) is 0 Å². The predicted octanol–water partition coefficient (Wildman–Crippen LogP) is 3.09. The molecule has 0 spiro atoms. The number of rotatable bonds is 5. The van der Waals surface area contributed by atoms with Crippen LogP contribution >= 0.6 is 0 Å². The Morgan fingerprint density at radius 2 is 1.92 bits per heavy atom. The van der Waals surface area contributed by atoms with Gasteiger partial charge < -0.3 is 19.7 Å². The Balaban J connectivity index is 1.70. The van der Waals surface area contributed by atoms with E-state index in [4.69, 9.17) is 9.47 Å². The molecule has 1 N–H and O–H groups in total. The van der Waals surface area contributed by atoms with Gasteiger partial charge in [0, 0.05) is 23.5 Å². The molecule has 1 amide bonds. The molecule has 1 heterocycles. The molecule has 126 valence electrons. The van der Waals surface area contributed by atoms with Crippen LogP contribution in [-0.2, 0) is 11.2 Å². The molecule has 24 heavy (non-hydrogen) atoms. The number of anilines is 2. The van der Waals surface area contributed by atoms with Crippen molar-refractivity contribution >= 4 is 17.3 Å². The minimum absolute atomic E-state index is 0.0502. The van der Waals surface area contributed by atoms with Gasteiger partial charge in [-0.15, -0.1) is 0 Å². The van der Waals surface area contributed by atoms with E-state index in [1.54, 1.807) is 32.4 Å². The lowest BCUT2D eigenvalue weighted by molar-refractivity contribution is -0.115. The number of hydrogen-bond acceptors (Lipinski definition) is 4. The smallest absolute Gasteiger partial charge is 0.243 e. The van der Waals surface area contributed by atoms with E-state index in [1.807, 2.05) is 12.1 Å². The second kappa shape index (κ2) is 6.83. The van der Waals surface area contributed by atoms with Gasteiger partial charge in [-0.2, -0.15) is 0 Å². The number of nitrogens with one attached hydrogen (secondary N) is 1. The highest BCUT2D eigenvalue weighted by Crippen LogP contribution is 2.32. The largest absolute Gasteiger partial charge is 0.493 e. The molecule has 0 fully saturated rings. The molecule has 5 nitrogen and oxygen atoms in total. The van der Waals surface area contributed by atoms with E-state index in [0.717, 1.165) is 12.1 Å². The fraction of sp³-hybridized carbons (Fsp3) is 0.316. The van der Waals surface area contributed by atoms with Crippen LogP contribution in [0.2, 0.25) is 0 Å². The maximum absolute atomic E-state index is 12.5. The number of carbonyl (C=O) groups is 1. The normalized spacial score (nSPS) is 15.8. The van der Waals surface area contributed by atoms with Crippen molar-refractivity contribution in [3.63, 3.8) is 0 Å². The van der Waals surface area contributed by atoms with Crippen molar-refractivity contribution in [2.75, 3.05) is 31.0 Å². The number of ether oxygens (including phenoxy) is 2. The Bertz CT molecular complexity index is 745. The van der Waals surface area contributed by atoms with Crippen molar-refractivity contribution in [3.8, 4) is 11.5 Å². The Morgan fingerprint density at radius 3 is 2.67 bits per heavy atom. The van der Waals surface area contributed by atoms with Gasteiger partial charge >= 0.3 is 0 Å². The van der Waals surface area contributed by atoms with Crippen LogP contribution in [0.15, 0.2) is 42.5 Å². The molecular weight excluding hydrogens is 304 g/mol. The maximum Gasteiger partial charge on any atom is 0.243 e. The molecule has 2 aromatic carbocycles. The number of carbonyl (C=O) groups excluding carboxylic acids is 1. The molecule has 0 aliphatic carbocycles. The number of hydrogen-bond donors (Lipinski definition) is 1. The first kappa shape index (κ1) is 16.2. The third-order valence-corrected chi connectivity index (χ3v) is 4.33. The number of benzene rings is 2. The van der Waals surface area contributed by atoms with Gasteiger partial charge in [-0.25, -0.2) is 0 Å². The fourth-order valence-corrected chi connectivity index (χ4v) is 3.14. The van der Waals surface area contributed by atoms with Crippen LogP contribution in [0.4, 0.5) is 11.4 Å². The van der Waals surface area contributed by atoms with Crippen LogP contribution in [0.5, 0.6) is 11.5 Å². The summed E-state index contributed by atoms with van der Waals surface area (Å²) < 4.78 is 10.5. The van der Waals surface area contributed by atoms with Gasteiger partial charge in [0.15, 0.2) is 11.5 Å². The van der Waals surface area contributed by atoms with E-state index < -0.39 is 0 Å². The summed E-state index contributed by atoms with van der Waals surface area (Å²) in [4.78, 5) is 14.6. The van der Waals surface area contributed by atoms with Crippen LogP contribution < -0.4 is 19.7 Å². The SMILES string of the molecule is COc1ccc(NC(=O)CN2c3ccccc3CC2C)cc1OC. The van der Waals surface area contributed by atoms with E-state index >= 15 is 0 Å². The molecule has 1 atom stereocenters. The molecular formula is C19H22N2O3. The molecule has 0 aromatic heterocycles. The first-order chi connectivity index (χ1) is 11.6. The number of para-hydroxylation sites is 1. The lowest BCUT2D eigenvalue weighted by Gasteiger charge is -2.24. The van der Waals surface area contributed by atoms with Crippen molar-refractivity contribution < 1.29 is 14.3 Å². The number of methoxy groups -OCH3 is 2. The number of fused-ring (bicyclic) bond motifs is 1. The molecule has 0 radical (unpaired) electrons. The van der Waals surface area contributed by atoms with Gasteiger partial charge in [-0.1, -0.05) is 18.2 Å². The van der Waals surface area contributed by atoms with Crippen molar-refractivity contribution in [2.45, 2.75) is 19.4 Å². The van der Waals surface area contributed by atoms with Gasteiger partial charge in [-0.3, -0.25) is 4.79 Å². The van der Waals surface area contributed by atoms with E-state index in [1.165, 1.54) is 5.56 Å². The summed E-state index contributed by atoms with van der Waals surface area (Å²) in [6, 6.07) is 13.9. The monoisotopic (exact) mass is 326 g/mol. The number of nitrogens with zero attached hydrogens (tertiary/aromatic N) is 1. The molecule has 1 aliphatic heterocycles. The summed E-state index contributed by atoms with van der Waals surface area (Å²) in [7, 11) is 3.16. The maximum atomic E-state index is 12.5. The summed E-state index contributed by atoms with van der Waals surface area (Å²) in [5, 5.41) is 2.93. The van der Waals surface area contributed by atoms with Gasteiger partial charge in [0.2, 0.25) is 5.91 Å². The van der Waals surface area contributed by atoms with Crippen molar-refractivity contribution in [2.24, 2.45) is 0 Å². The highest BCUT2D eigenvalue weighted by atomic mass is 16.5. The third kappa shape index (κ3) is 3.15. The average molecular weight is 326 g/mol. The summed E-state index contributed by atoms with van der Waals surface area (Å²) in [6.45, 7) is 2.47. The minimum Gasteiger partial charge on any atom is -0.493 e. The lowest BCUT2D eigenvalue weighted by Crippen LogP contribution is -2.37. The predicted molar refractivity (Wildman–Crippen MR) is 95.1 cm³/mol. The average Bonchev–Trinajstić information content (AvgIpc) is 2.90. The van der Waals surface area contributed by atoms with E-state index in [-0.39, 0.29) is 5.91 Å². The van der Waals surface area contributed by atoms with Crippen molar-refractivity contribution in [1.29, 1.82) is 0 Å². The molecule has 5 heteroatoms. The van der Waals surface area contributed by atoms with Crippen molar-refractivity contribution in [1.82, 2.24) is 0 Å². The van der Waals surface area contributed by atoms with Crippen LogP contribution in [-0.4, -0.2) is 32.7 Å². The van der Waals surface area contributed by atoms with Crippen molar-refractivity contribution in [3.05, 3.63) is 48.0 Å². The van der Waals surface area contributed by atoms with Gasteiger partial charge in [-0.05, 0) is 37.1 Å². The summed E-state index contributed by atoms with van der Waals surface area (Å²) >= 11 is 0. The molecule has 0 bridgehead atoms. The quantitative estimate of drug-likeness (QED) is 0.917. The summed E-state index contributed by atoms with van der Waals surface area (Å²) in [6.07, 6.45) is 0.972. The lowest BCUT2D eigenvalue weighted by atomic mass is 10.1. The first-order valence-corrected chi connectivity index (χ1v) is 7.98. The molecule has 0 saturated heterocycles. The molecule has 1 unspecified atom stereocenters. The zero-order valence-corrected chi connectivity index (χ0v) is 14.2. The van der Waals surface area contributed by atoms with Gasteiger partial charge in [0.25, 0.3) is 0 Å². The molecule has 2 aromatic rings. The van der Waals surface area contributed by atoms with Crippen LogP contribution in [0.3, 0.4) is 0 Å². The molecule has 3 rings (SSSR count). The van der Waals surface area contributed by atoms with E-state index in [2.05, 4.69) is 29.3 Å². The Labute approximate surface area is 142 Å². The first-order valence-electron chi connectivity index (χ1n) is 7.98. The standard InChI is InChI=1S/C19H22N2O3/c1-13-10-14-6-4-5-7-16(14)21(13)12-19(22)20-15-8-9-17(23-2)18(11-15)24-3/h4-9,11,13H,10,12H2,1-3H3,(H,20,22). The van der Waals surface area contributed by atoms with E-state index in [9.17, 15) is 4.79 Å². The zero-order chi connectivity index (χ0) is 17.1. The molecule has 0 saturated carbocycles. The molecule has 1 aliphatic rings. The fourth-order valence-electron chi connectivity index (χ4n) is 3.14. The minimum atomic E-state index is -0.0502. The highest BCUT2D eigenvalue weighted by Gasteiger charge is 2.27. The summed E-state index contributed by atoms with van der Waals surface area (Å²) in [5.74, 6) is 1.18. The van der Waals surface area contributed by atoms with E-state index in [0.29, 0.717) is 29.8 Å². The summed E-state index contributed by atoms with van der Waals surface area (Å²) in [5.41, 5.74) is 3.13. The Morgan fingerprint density at radius 1 is 1.17 bits per heavy atom.